The van der Waals surface area contributed by atoms with Gasteiger partial charge in [-0.3, -0.25) is 4.79 Å². The molecule has 0 aromatic carbocycles. The van der Waals surface area contributed by atoms with Crippen molar-refractivity contribution in [2.24, 2.45) is 10.8 Å². The maximum absolute atomic E-state index is 13.4. The molecule has 0 bridgehead atoms. The maximum atomic E-state index is 13.4. The van der Waals surface area contributed by atoms with E-state index in [4.69, 9.17) is 9.47 Å². The van der Waals surface area contributed by atoms with Gasteiger partial charge in [-0.2, -0.15) is 0 Å². The lowest BCUT2D eigenvalue weighted by Crippen LogP contribution is -2.39. The van der Waals surface area contributed by atoms with Gasteiger partial charge in [-0.05, 0) is 64.9 Å². The number of hydrogen-bond acceptors (Lipinski definition) is 4. The summed E-state index contributed by atoms with van der Waals surface area (Å²) < 4.78 is 11.8. The van der Waals surface area contributed by atoms with Crippen LogP contribution in [-0.2, 0) is 14.3 Å². The molecule has 0 N–H and O–H groups in total. The minimum Gasteiger partial charge on any atom is -0.500 e. The quantitative estimate of drug-likeness (QED) is 0.494. The maximum Gasteiger partial charge on any atom is 0.236 e. The Morgan fingerprint density at radius 1 is 1.04 bits per heavy atom. The number of likely N-dealkylation sites (tertiary alicyclic amines) is 1. The first-order valence-corrected chi connectivity index (χ1v) is 10.9. The number of carbonyl (C=O) groups is 1. The van der Waals surface area contributed by atoms with Crippen molar-refractivity contribution in [3.63, 3.8) is 0 Å². The molecule has 0 atom stereocenters. The molecule has 0 unspecified atom stereocenters. The van der Waals surface area contributed by atoms with Gasteiger partial charge in [0.15, 0.2) is 0 Å². The zero-order valence-corrected chi connectivity index (χ0v) is 18.8. The van der Waals surface area contributed by atoms with Gasteiger partial charge in [0.25, 0.3) is 0 Å². The Kier molecular flexibility index (Phi) is 7.99. The molecule has 0 aromatic rings. The van der Waals surface area contributed by atoms with Crippen LogP contribution in [0.5, 0.6) is 0 Å². The summed E-state index contributed by atoms with van der Waals surface area (Å²) in [6.45, 7) is 7.08. The van der Waals surface area contributed by atoms with Gasteiger partial charge in [0, 0.05) is 13.1 Å². The van der Waals surface area contributed by atoms with Crippen LogP contribution in [0.25, 0.3) is 0 Å². The first-order chi connectivity index (χ1) is 13.4. The minimum absolute atomic E-state index is 0.197. The zero-order valence-electron chi connectivity index (χ0n) is 18.8. The molecule has 1 aliphatic carbocycles. The van der Waals surface area contributed by atoms with E-state index in [9.17, 15) is 4.79 Å². The Bertz CT molecular complexity index is 565. The molecule has 1 amide bonds. The largest absolute Gasteiger partial charge is 0.500 e. The highest BCUT2D eigenvalue weighted by Crippen LogP contribution is 2.53. The Morgan fingerprint density at radius 3 is 2.07 bits per heavy atom. The summed E-state index contributed by atoms with van der Waals surface area (Å²) in [5, 5.41) is 0. The van der Waals surface area contributed by atoms with E-state index in [0.717, 1.165) is 76.1 Å². The predicted molar refractivity (Wildman–Crippen MR) is 114 cm³/mol. The lowest BCUT2D eigenvalue weighted by atomic mass is 9.67. The topological polar surface area (TPSA) is 42.0 Å². The van der Waals surface area contributed by atoms with Gasteiger partial charge in [-0.15, -0.1) is 0 Å². The van der Waals surface area contributed by atoms with Crippen LogP contribution in [-0.4, -0.2) is 63.7 Å². The van der Waals surface area contributed by atoms with Gasteiger partial charge in [0.2, 0.25) is 5.91 Å². The SMILES string of the molecule is CCCC1(CCC)C(OC)=CC2(C=C1OC)CCN(CCCCN(C)C)C2=O. The molecule has 160 valence electrons. The summed E-state index contributed by atoms with van der Waals surface area (Å²) in [4.78, 5) is 17.6. The Morgan fingerprint density at radius 2 is 1.61 bits per heavy atom. The third kappa shape index (κ3) is 4.40. The van der Waals surface area contributed by atoms with Crippen LogP contribution in [0.3, 0.4) is 0 Å². The third-order valence-corrected chi connectivity index (χ3v) is 6.28. The summed E-state index contributed by atoms with van der Waals surface area (Å²) in [5.74, 6) is 2.03. The van der Waals surface area contributed by atoms with Gasteiger partial charge >= 0.3 is 0 Å². The third-order valence-electron chi connectivity index (χ3n) is 6.28. The van der Waals surface area contributed by atoms with Gasteiger partial charge in [0.1, 0.15) is 11.5 Å². The molecule has 2 rings (SSSR count). The fourth-order valence-electron chi connectivity index (χ4n) is 4.92. The van der Waals surface area contributed by atoms with Crippen molar-refractivity contribution in [1.82, 2.24) is 9.80 Å². The van der Waals surface area contributed by atoms with Crippen LogP contribution >= 0.6 is 0 Å². The lowest BCUT2D eigenvalue weighted by Gasteiger charge is -2.41. The normalized spacial score (nSPS) is 20.5. The first kappa shape index (κ1) is 22.8. The second kappa shape index (κ2) is 9.82. The molecule has 0 aromatic heterocycles. The van der Waals surface area contributed by atoms with Crippen LogP contribution < -0.4 is 0 Å². The van der Waals surface area contributed by atoms with Crippen molar-refractivity contribution in [3.8, 4) is 0 Å². The number of ether oxygens (including phenoxy) is 2. The summed E-state index contributed by atoms with van der Waals surface area (Å²) in [5.41, 5.74) is -0.846. The molecule has 0 radical (unpaired) electrons. The molecular weight excluding hydrogens is 352 g/mol. The molecule has 1 spiro atoms. The van der Waals surface area contributed by atoms with E-state index < -0.39 is 5.41 Å². The highest BCUT2D eigenvalue weighted by Gasteiger charge is 2.52. The van der Waals surface area contributed by atoms with Crippen LogP contribution in [0, 0.1) is 10.8 Å². The minimum atomic E-state index is -0.608. The second-order valence-electron chi connectivity index (χ2n) is 8.60. The number of unbranched alkanes of at least 4 members (excludes halogenated alkanes) is 1. The standard InChI is InChI=1S/C23H40N2O3/c1-7-11-23(12-8-2)19(27-5)17-22(18-20(23)28-6)13-16-25(21(22)26)15-10-9-14-24(3)4/h17-18H,7-16H2,1-6H3. The van der Waals surface area contributed by atoms with E-state index >= 15 is 0 Å². The van der Waals surface area contributed by atoms with Gasteiger partial charge < -0.3 is 19.3 Å². The Labute approximate surface area is 171 Å². The number of methoxy groups -OCH3 is 2. The first-order valence-electron chi connectivity index (χ1n) is 10.9. The average molecular weight is 393 g/mol. The molecule has 5 nitrogen and oxygen atoms in total. The highest BCUT2D eigenvalue weighted by atomic mass is 16.5. The van der Waals surface area contributed by atoms with E-state index in [1.807, 2.05) is 4.90 Å². The highest BCUT2D eigenvalue weighted by molar-refractivity contribution is 5.89. The van der Waals surface area contributed by atoms with Gasteiger partial charge in [-0.1, -0.05) is 26.7 Å². The molecule has 28 heavy (non-hydrogen) atoms. The Hall–Kier alpha value is -1.49. The summed E-state index contributed by atoms with van der Waals surface area (Å²) in [6, 6.07) is 0. The van der Waals surface area contributed by atoms with Crippen LogP contribution in [0.15, 0.2) is 23.7 Å². The smallest absolute Gasteiger partial charge is 0.236 e. The van der Waals surface area contributed by atoms with Crippen molar-refractivity contribution in [2.75, 3.05) is 47.9 Å². The van der Waals surface area contributed by atoms with Crippen molar-refractivity contribution >= 4 is 5.91 Å². The van der Waals surface area contributed by atoms with Crippen molar-refractivity contribution in [1.29, 1.82) is 0 Å². The molecule has 1 fully saturated rings. The van der Waals surface area contributed by atoms with E-state index in [0.29, 0.717) is 0 Å². The number of hydrogen-bond donors (Lipinski definition) is 0. The summed E-state index contributed by atoms with van der Waals surface area (Å²) in [6.07, 6.45) is 11.2. The molecule has 1 saturated heterocycles. The van der Waals surface area contributed by atoms with E-state index in [1.54, 1.807) is 14.2 Å². The average Bonchev–Trinajstić information content (AvgIpc) is 2.96. The Balaban J connectivity index is 2.26. The number of amides is 1. The summed E-state index contributed by atoms with van der Waals surface area (Å²) in [7, 11) is 7.64. The van der Waals surface area contributed by atoms with Crippen LogP contribution in [0.4, 0.5) is 0 Å². The van der Waals surface area contributed by atoms with E-state index in [2.05, 4.69) is 45.0 Å². The molecule has 2 aliphatic rings. The molecule has 1 aliphatic heterocycles. The number of rotatable bonds is 11. The van der Waals surface area contributed by atoms with Gasteiger partial charge in [-0.25, -0.2) is 0 Å². The predicted octanol–water partition coefficient (Wildman–Crippen LogP) is 4.21. The number of nitrogens with zero attached hydrogens (tertiary/aromatic N) is 2. The van der Waals surface area contributed by atoms with Crippen molar-refractivity contribution in [3.05, 3.63) is 23.7 Å². The number of carbonyl (C=O) groups excluding carboxylic acids is 1. The van der Waals surface area contributed by atoms with Gasteiger partial charge in [0.05, 0.1) is 25.0 Å². The fraction of sp³-hybridized carbons (Fsp3) is 0.783. The van der Waals surface area contributed by atoms with E-state index in [1.165, 1.54) is 0 Å². The van der Waals surface area contributed by atoms with E-state index in [-0.39, 0.29) is 11.3 Å². The molecule has 0 saturated carbocycles. The molecular formula is C23H40N2O3. The summed E-state index contributed by atoms with van der Waals surface area (Å²) >= 11 is 0. The van der Waals surface area contributed by atoms with Crippen LogP contribution in [0.1, 0.15) is 58.8 Å². The van der Waals surface area contributed by atoms with Crippen molar-refractivity contribution < 1.29 is 14.3 Å². The molecule has 1 heterocycles. The second-order valence-corrected chi connectivity index (χ2v) is 8.60. The monoisotopic (exact) mass is 392 g/mol. The zero-order chi connectivity index (χ0) is 20.8. The van der Waals surface area contributed by atoms with Crippen molar-refractivity contribution in [2.45, 2.75) is 58.8 Å². The fourth-order valence-corrected chi connectivity index (χ4v) is 4.92. The van der Waals surface area contributed by atoms with Crippen LogP contribution in [0.2, 0.25) is 0 Å². The lowest BCUT2D eigenvalue weighted by molar-refractivity contribution is -0.132. The molecule has 5 heteroatoms.